The summed E-state index contributed by atoms with van der Waals surface area (Å²) in [5.74, 6) is -0.212. The summed E-state index contributed by atoms with van der Waals surface area (Å²) >= 11 is 8.27. The molecule has 1 aromatic carbocycles. The average Bonchev–Trinajstić information content (AvgIpc) is 2.77. The van der Waals surface area contributed by atoms with E-state index in [9.17, 15) is 9.90 Å². The number of nitrogens with zero attached hydrogens (tertiary/aromatic N) is 1. The highest BCUT2D eigenvalue weighted by Crippen LogP contribution is 2.25. The van der Waals surface area contributed by atoms with Gasteiger partial charge in [0.15, 0.2) is 0 Å². The van der Waals surface area contributed by atoms with Crippen LogP contribution in [0.15, 0.2) is 38.6 Å². The van der Waals surface area contributed by atoms with Crippen LogP contribution < -0.4 is 0 Å². The molecule has 2 rings (SSSR count). The normalized spacial score (nSPS) is 10.5. The number of carbonyl (C=O) groups excluding carboxylic acids is 1. The number of amides is 1. The predicted octanol–water partition coefficient (Wildman–Crippen LogP) is 4.25. The Morgan fingerprint density at radius 3 is 2.68 bits per heavy atom. The van der Waals surface area contributed by atoms with E-state index in [-0.39, 0.29) is 11.7 Å². The monoisotopic (exact) mass is 403 g/mol. The molecule has 1 N–H and O–H groups in total. The fraction of sp³-hybridized carbons (Fsp3) is 0.154. The van der Waals surface area contributed by atoms with Crippen molar-refractivity contribution >= 4 is 49.1 Å². The number of thiophene rings is 1. The summed E-state index contributed by atoms with van der Waals surface area (Å²) in [6.45, 7) is 0.515. The van der Waals surface area contributed by atoms with Crippen LogP contribution >= 0.6 is 43.2 Å². The van der Waals surface area contributed by atoms with Crippen LogP contribution in [0.2, 0.25) is 0 Å². The molecular formula is C13H11Br2NO2S. The van der Waals surface area contributed by atoms with Crippen molar-refractivity contribution in [1.29, 1.82) is 0 Å². The first-order chi connectivity index (χ1) is 8.97. The lowest BCUT2D eigenvalue weighted by Crippen LogP contribution is -2.25. The quantitative estimate of drug-likeness (QED) is 0.830. The third-order valence-corrected chi connectivity index (χ3v) is 4.73. The van der Waals surface area contributed by atoms with Crippen LogP contribution in [-0.4, -0.2) is 23.0 Å². The van der Waals surface area contributed by atoms with Crippen molar-refractivity contribution in [2.45, 2.75) is 6.54 Å². The van der Waals surface area contributed by atoms with Crippen LogP contribution in [0.25, 0.3) is 0 Å². The first-order valence-corrected chi connectivity index (χ1v) is 7.91. The van der Waals surface area contributed by atoms with Gasteiger partial charge >= 0.3 is 0 Å². The van der Waals surface area contributed by atoms with Crippen molar-refractivity contribution < 1.29 is 9.90 Å². The molecule has 0 saturated carbocycles. The molecule has 1 aromatic heterocycles. The van der Waals surface area contributed by atoms with E-state index < -0.39 is 0 Å². The Labute approximate surface area is 132 Å². The first-order valence-electron chi connectivity index (χ1n) is 5.44. The molecule has 0 unspecified atom stereocenters. The Bertz CT molecular complexity index is 612. The van der Waals surface area contributed by atoms with Crippen molar-refractivity contribution in [1.82, 2.24) is 4.90 Å². The number of hydrogen-bond donors (Lipinski definition) is 1. The highest BCUT2D eigenvalue weighted by Gasteiger charge is 2.16. The standard InChI is InChI=1S/C13H11Br2NO2S/c1-16(6-10-4-9(15)7-19-10)13(18)11-5-8(14)2-3-12(11)17/h2-5,7,17H,6H2,1H3. The van der Waals surface area contributed by atoms with Crippen LogP contribution in [0.3, 0.4) is 0 Å². The summed E-state index contributed by atoms with van der Waals surface area (Å²) in [6.07, 6.45) is 0. The fourth-order valence-electron chi connectivity index (χ4n) is 1.63. The second-order valence-corrected chi connectivity index (χ2v) is 6.88. The summed E-state index contributed by atoms with van der Waals surface area (Å²) in [7, 11) is 1.72. The van der Waals surface area contributed by atoms with E-state index in [4.69, 9.17) is 0 Å². The maximum atomic E-state index is 12.3. The van der Waals surface area contributed by atoms with E-state index in [2.05, 4.69) is 31.9 Å². The molecule has 1 amide bonds. The lowest BCUT2D eigenvalue weighted by atomic mass is 10.2. The second-order valence-electron chi connectivity index (χ2n) is 4.05. The molecule has 0 fully saturated rings. The number of hydrogen-bond acceptors (Lipinski definition) is 3. The Morgan fingerprint density at radius 2 is 2.05 bits per heavy atom. The zero-order chi connectivity index (χ0) is 14.0. The van der Waals surface area contributed by atoms with Gasteiger partial charge in [0.05, 0.1) is 12.1 Å². The summed E-state index contributed by atoms with van der Waals surface area (Å²) in [4.78, 5) is 14.9. The minimum absolute atomic E-state index is 0.00703. The van der Waals surface area contributed by atoms with Gasteiger partial charge in [0.2, 0.25) is 0 Å². The Kier molecular flexibility index (Phi) is 4.65. The number of aromatic hydroxyl groups is 1. The molecule has 2 aromatic rings. The van der Waals surface area contributed by atoms with E-state index in [1.54, 1.807) is 35.4 Å². The lowest BCUT2D eigenvalue weighted by molar-refractivity contribution is 0.0783. The molecule has 0 saturated heterocycles. The van der Waals surface area contributed by atoms with Gasteiger partial charge in [-0.3, -0.25) is 4.79 Å². The molecule has 19 heavy (non-hydrogen) atoms. The van der Waals surface area contributed by atoms with Crippen molar-refractivity contribution in [2.75, 3.05) is 7.05 Å². The summed E-state index contributed by atoms with van der Waals surface area (Å²) in [6, 6.07) is 6.81. The number of rotatable bonds is 3. The topological polar surface area (TPSA) is 40.5 Å². The molecule has 1 heterocycles. The molecule has 0 aliphatic carbocycles. The van der Waals surface area contributed by atoms with Crippen LogP contribution in [0, 0.1) is 0 Å². The summed E-state index contributed by atoms with van der Waals surface area (Å²) < 4.78 is 1.78. The van der Waals surface area contributed by atoms with E-state index in [1.165, 1.54) is 6.07 Å². The zero-order valence-corrected chi connectivity index (χ0v) is 14.0. The van der Waals surface area contributed by atoms with Gasteiger partial charge in [-0.15, -0.1) is 11.3 Å². The van der Waals surface area contributed by atoms with Crippen LogP contribution in [0.5, 0.6) is 5.75 Å². The average molecular weight is 405 g/mol. The smallest absolute Gasteiger partial charge is 0.257 e. The van der Waals surface area contributed by atoms with Gasteiger partial charge in [-0.25, -0.2) is 0 Å². The molecule has 0 aliphatic heterocycles. The van der Waals surface area contributed by atoms with Crippen molar-refractivity contribution in [2.24, 2.45) is 0 Å². The Morgan fingerprint density at radius 1 is 1.32 bits per heavy atom. The minimum atomic E-state index is -0.205. The van der Waals surface area contributed by atoms with Crippen molar-refractivity contribution in [3.8, 4) is 5.75 Å². The summed E-state index contributed by atoms with van der Waals surface area (Å²) in [5, 5.41) is 11.7. The van der Waals surface area contributed by atoms with E-state index in [1.807, 2.05) is 11.4 Å². The van der Waals surface area contributed by atoms with Crippen molar-refractivity contribution in [3.63, 3.8) is 0 Å². The molecule has 3 nitrogen and oxygen atoms in total. The number of phenols is 1. The first kappa shape index (κ1) is 14.6. The third kappa shape index (κ3) is 3.58. The van der Waals surface area contributed by atoms with Gasteiger partial charge in [-0.1, -0.05) is 15.9 Å². The number of carbonyl (C=O) groups is 1. The van der Waals surface area contributed by atoms with Gasteiger partial charge in [0.25, 0.3) is 5.91 Å². The Hall–Kier alpha value is -0.850. The number of halogens is 2. The van der Waals surface area contributed by atoms with Gasteiger partial charge in [-0.05, 0) is 40.2 Å². The molecule has 6 heteroatoms. The van der Waals surface area contributed by atoms with Crippen LogP contribution in [0.4, 0.5) is 0 Å². The number of phenolic OH excluding ortho intramolecular Hbond substituents is 1. The molecule has 0 atom stereocenters. The van der Waals surface area contributed by atoms with Gasteiger partial charge in [0.1, 0.15) is 5.75 Å². The fourth-order valence-corrected chi connectivity index (χ4v) is 3.49. The van der Waals surface area contributed by atoms with E-state index in [0.717, 1.165) is 13.8 Å². The lowest BCUT2D eigenvalue weighted by Gasteiger charge is -2.17. The van der Waals surface area contributed by atoms with E-state index >= 15 is 0 Å². The SMILES string of the molecule is CN(Cc1cc(Br)cs1)C(=O)c1cc(Br)ccc1O. The zero-order valence-electron chi connectivity index (χ0n) is 10.1. The Balaban J connectivity index is 2.16. The molecule has 0 bridgehead atoms. The molecular weight excluding hydrogens is 394 g/mol. The molecule has 0 aliphatic rings. The molecule has 100 valence electrons. The molecule has 0 radical (unpaired) electrons. The van der Waals surface area contributed by atoms with Gasteiger partial charge in [-0.2, -0.15) is 0 Å². The van der Waals surface area contributed by atoms with Crippen LogP contribution in [0.1, 0.15) is 15.2 Å². The largest absolute Gasteiger partial charge is 0.507 e. The highest BCUT2D eigenvalue weighted by atomic mass is 79.9. The van der Waals surface area contributed by atoms with Gasteiger partial charge in [0, 0.05) is 26.3 Å². The van der Waals surface area contributed by atoms with E-state index in [0.29, 0.717) is 12.1 Å². The third-order valence-electron chi connectivity index (χ3n) is 2.55. The number of benzene rings is 1. The summed E-state index contributed by atoms with van der Waals surface area (Å²) in [5.41, 5.74) is 0.299. The predicted molar refractivity (Wildman–Crippen MR) is 83.6 cm³/mol. The maximum absolute atomic E-state index is 12.3. The highest BCUT2D eigenvalue weighted by molar-refractivity contribution is 9.10. The second kappa shape index (κ2) is 6.07. The van der Waals surface area contributed by atoms with Crippen LogP contribution in [-0.2, 0) is 6.54 Å². The van der Waals surface area contributed by atoms with Gasteiger partial charge < -0.3 is 10.0 Å². The minimum Gasteiger partial charge on any atom is -0.507 e. The van der Waals surface area contributed by atoms with Crippen molar-refractivity contribution in [3.05, 3.63) is 49.0 Å². The maximum Gasteiger partial charge on any atom is 0.257 e. The molecule has 0 spiro atoms.